The van der Waals surface area contributed by atoms with Crippen LogP contribution in [0, 0.1) is 0 Å². The van der Waals surface area contributed by atoms with Gasteiger partial charge in [-0.2, -0.15) is 0 Å². The lowest BCUT2D eigenvalue weighted by atomic mass is 10.1. The van der Waals surface area contributed by atoms with Gasteiger partial charge in [-0.25, -0.2) is 0 Å². The molecule has 0 spiro atoms. The molecule has 140 valence electrons. The molecule has 1 atom stereocenters. The third kappa shape index (κ3) is 3.88. The molecule has 3 rings (SSSR count). The Bertz CT molecular complexity index is 685. The highest BCUT2D eigenvalue weighted by molar-refractivity contribution is 6.35. The molecule has 1 aromatic rings. The maximum Gasteiger partial charge on any atom is 0.310 e. The molecule has 1 saturated heterocycles. The Balaban J connectivity index is 1.54. The number of carbonyl (C=O) groups excluding carboxylic acids is 3. The predicted octanol–water partition coefficient (Wildman–Crippen LogP) is 0.813. The van der Waals surface area contributed by atoms with E-state index in [-0.39, 0.29) is 5.91 Å². The predicted molar refractivity (Wildman–Crippen MR) is 98.7 cm³/mol. The molecule has 2 aliphatic rings. The van der Waals surface area contributed by atoms with E-state index in [4.69, 9.17) is 0 Å². The maximum atomic E-state index is 12.5. The van der Waals surface area contributed by atoms with Crippen LogP contribution in [-0.2, 0) is 14.4 Å². The van der Waals surface area contributed by atoms with Crippen LogP contribution in [0.1, 0.15) is 37.8 Å². The summed E-state index contributed by atoms with van der Waals surface area (Å²) in [5, 5.41) is 5.23. The Hall–Kier alpha value is -2.41. The van der Waals surface area contributed by atoms with Crippen molar-refractivity contribution in [3.63, 3.8) is 0 Å². The van der Waals surface area contributed by atoms with E-state index >= 15 is 0 Å². The minimum atomic E-state index is -0.800. The number of carbonyl (C=O) groups is 3. The van der Waals surface area contributed by atoms with Crippen molar-refractivity contribution in [3.05, 3.63) is 29.8 Å². The van der Waals surface area contributed by atoms with Gasteiger partial charge in [-0.05, 0) is 38.9 Å². The largest absolute Gasteiger partial charge is 0.347 e. The van der Waals surface area contributed by atoms with Crippen LogP contribution in [0.2, 0.25) is 0 Å². The summed E-state index contributed by atoms with van der Waals surface area (Å²) in [6.45, 7) is 5.66. The molecule has 0 radical (unpaired) electrons. The van der Waals surface area contributed by atoms with Crippen LogP contribution in [0.15, 0.2) is 24.3 Å². The van der Waals surface area contributed by atoms with Crippen molar-refractivity contribution < 1.29 is 14.4 Å². The van der Waals surface area contributed by atoms with Gasteiger partial charge in [0.25, 0.3) is 5.91 Å². The average Bonchev–Trinajstić information content (AvgIpc) is 2.93. The van der Waals surface area contributed by atoms with Crippen molar-refractivity contribution in [2.75, 3.05) is 37.6 Å². The van der Waals surface area contributed by atoms with E-state index in [1.165, 1.54) is 19.3 Å². The first-order valence-electron chi connectivity index (χ1n) is 9.33. The smallest absolute Gasteiger partial charge is 0.310 e. The van der Waals surface area contributed by atoms with E-state index in [1.54, 1.807) is 4.90 Å². The van der Waals surface area contributed by atoms with Crippen LogP contribution < -0.4 is 15.5 Å². The van der Waals surface area contributed by atoms with Crippen LogP contribution in [-0.4, -0.2) is 55.3 Å². The van der Waals surface area contributed by atoms with Crippen molar-refractivity contribution >= 4 is 23.4 Å². The van der Waals surface area contributed by atoms with Crippen LogP contribution in [0.5, 0.6) is 0 Å². The van der Waals surface area contributed by atoms with E-state index in [2.05, 4.69) is 15.5 Å². The summed E-state index contributed by atoms with van der Waals surface area (Å²) >= 11 is 0. The summed E-state index contributed by atoms with van der Waals surface area (Å²) in [6, 6.07) is 6.53. The zero-order valence-electron chi connectivity index (χ0n) is 15.2. The Morgan fingerprint density at radius 3 is 2.58 bits per heavy atom. The number of para-hydroxylation sites is 1. The van der Waals surface area contributed by atoms with Gasteiger partial charge < -0.3 is 20.4 Å². The molecule has 0 aromatic heterocycles. The monoisotopic (exact) mass is 358 g/mol. The highest BCUT2D eigenvalue weighted by Gasteiger charge is 2.37. The molecular formula is C19H26N4O3. The second kappa shape index (κ2) is 8.31. The van der Waals surface area contributed by atoms with Crippen molar-refractivity contribution in [1.29, 1.82) is 0 Å². The Morgan fingerprint density at radius 2 is 1.85 bits per heavy atom. The number of nitrogens with one attached hydrogen (secondary N) is 2. The summed E-state index contributed by atoms with van der Waals surface area (Å²) in [5.41, 5.74) is 1.52. The first-order chi connectivity index (χ1) is 12.6. The number of amides is 3. The Kier molecular flexibility index (Phi) is 5.88. The number of nitrogens with zero attached hydrogens (tertiary/aromatic N) is 2. The molecular weight excluding hydrogens is 332 g/mol. The van der Waals surface area contributed by atoms with Gasteiger partial charge in [-0.15, -0.1) is 0 Å². The second-order valence-electron chi connectivity index (χ2n) is 6.71. The van der Waals surface area contributed by atoms with E-state index in [9.17, 15) is 14.4 Å². The lowest BCUT2D eigenvalue weighted by Crippen LogP contribution is -2.46. The Morgan fingerprint density at radius 1 is 1.12 bits per heavy atom. The minimum absolute atomic E-state index is 0.205. The molecule has 0 unspecified atom stereocenters. The van der Waals surface area contributed by atoms with Crippen LogP contribution >= 0.6 is 0 Å². The number of fused-ring (bicyclic) bond motifs is 1. The number of likely N-dealkylation sites (N-methyl/N-ethyl adjacent to an activating group) is 1. The first-order valence-corrected chi connectivity index (χ1v) is 9.33. The topological polar surface area (TPSA) is 81.8 Å². The van der Waals surface area contributed by atoms with E-state index in [0.717, 1.165) is 30.9 Å². The quantitative estimate of drug-likeness (QED) is 0.764. The molecule has 26 heavy (non-hydrogen) atoms. The highest BCUT2D eigenvalue weighted by atomic mass is 16.2. The lowest BCUT2D eigenvalue weighted by Gasteiger charge is -2.26. The van der Waals surface area contributed by atoms with E-state index in [1.807, 2.05) is 31.2 Å². The van der Waals surface area contributed by atoms with Crippen LogP contribution in [0.3, 0.4) is 0 Å². The fourth-order valence-corrected chi connectivity index (χ4v) is 3.64. The number of piperidine rings is 1. The standard InChI is InChI=1S/C19H26N4O3/c1-2-23-15-9-5-4-8-14(15)16(19(23)26)21-18(25)17(24)20-10-13-22-11-6-3-7-12-22/h4-5,8-9,16H,2-3,6-7,10-13H2,1H3,(H,20,24)(H,21,25)/t16-/m0/s1. The number of rotatable bonds is 5. The number of hydrogen-bond acceptors (Lipinski definition) is 4. The molecule has 3 amide bonds. The summed E-state index contributed by atoms with van der Waals surface area (Å²) in [7, 11) is 0. The van der Waals surface area contributed by atoms with Crippen molar-refractivity contribution in [2.45, 2.75) is 32.2 Å². The van der Waals surface area contributed by atoms with Gasteiger partial charge in [-0.1, -0.05) is 24.6 Å². The van der Waals surface area contributed by atoms with Crippen LogP contribution in [0.25, 0.3) is 0 Å². The highest BCUT2D eigenvalue weighted by Crippen LogP contribution is 2.35. The maximum absolute atomic E-state index is 12.5. The summed E-state index contributed by atoms with van der Waals surface area (Å²) in [4.78, 5) is 40.8. The number of anilines is 1. The van der Waals surface area contributed by atoms with Gasteiger partial charge in [0.05, 0.1) is 0 Å². The summed E-state index contributed by atoms with van der Waals surface area (Å²) < 4.78 is 0. The zero-order valence-corrected chi connectivity index (χ0v) is 15.2. The fourth-order valence-electron chi connectivity index (χ4n) is 3.64. The van der Waals surface area contributed by atoms with Gasteiger partial charge in [0.2, 0.25) is 0 Å². The van der Waals surface area contributed by atoms with Gasteiger partial charge in [0.1, 0.15) is 6.04 Å². The van der Waals surface area contributed by atoms with Gasteiger partial charge in [0, 0.05) is 30.9 Å². The minimum Gasteiger partial charge on any atom is -0.347 e. The average molecular weight is 358 g/mol. The molecule has 2 N–H and O–H groups in total. The number of benzene rings is 1. The molecule has 0 aliphatic carbocycles. The molecule has 1 aromatic carbocycles. The normalized spacial score (nSPS) is 20.0. The third-order valence-electron chi connectivity index (χ3n) is 5.01. The Labute approximate surface area is 153 Å². The van der Waals surface area contributed by atoms with Crippen molar-refractivity contribution in [3.8, 4) is 0 Å². The van der Waals surface area contributed by atoms with Crippen molar-refractivity contribution in [2.24, 2.45) is 0 Å². The van der Waals surface area contributed by atoms with Gasteiger partial charge in [-0.3, -0.25) is 14.4 Å². The molecule has 7 heteroatoms. The second-order valence-corrected chi connectivity index (χ2v) is 6.71. The fraction of sp³-hybridized carbons (Fsp3) is 0.526. The SMILES string of the molecule is CCN1C(=O)[C@@H](NC(=O)C(=O)NCCN2CCCCC2)c2ccccc21. The number of hydrogen-bond donors (Lipinski definition) is 2. The lowest BCUT2D eigenvalue weighted by molar-refractivity contribution is -0.140. The van der Waals surface area contributed by atoms with Gasteiger partial charge >= 0.3 is 11.8 Å². The van der Waals surface area contributed by atoms with E-state index in [0.29, 0.717) is 13.1 Å². The molecule has 0 saturated carbocycles. The third-order valence-corrected chi connectivity index (χ3v) is 5.01. The summed E-state index contributed by atoms with van der Waals surface area (Å²) in [5.74, 6) is -1.67. The molecule has 1 fully saturated rings. The molecule has 2 heterocycles. The summed E-state index contributed by atoms with van der Waals surface area (Å²) in [6.07, 6.45) is 3.63. The van der Waals surface area contributed by atoms with Crippen molar-refractivity contribution in [1.82, 2.24) is 15.5 Å². The number of likely N-dealkylation sites (tertiary alicyclic amines) is 1. The zero-order chi connectivity index (χ0) is 18.5. The molecule has 2 aliphatic heterocycles. The first kappa shape index (κ1) is 18.4. The van der Waals surface area contributed by atoms with Crippen LogP contribution in [0.4, 0.5) is 5.69 Å². The molecule has 7 nitrogen and oxygen atoms in total. The molecule has 0 bridgehead atoms. The van der Waals surface area contributed by atoms with Gasteiger partial charge in [0.15, 0.2) is 0 Å². The van der Waals surface area contributed by atoms with E-state index < -0.39 is 17.9 Å².